The number of fused-ring (bicyclic) bond motifs is 1. The fourth-order valence-corrected chi connectivity index (χ4v) is 5.27. The predicted molar refractivity (Wildman–Crippen MR) is 156 cm³/mol. The molecule has 2 heterocycles. The zero-order valence-electron chi connectivity index (χ0n) is 22.9. The number of carbonyl (C=O) groups is 1. The fourth-order valence-electron chi connectivity index (χ4n) is 5.27. The van der Waals surface area contributed by atoms with Gasteiger partial charge in [0.2, 0.25) is 0 Å². The number of carbonyl (C=O) groups excluding carboxylic acids is 1. The maximum atomic E-state index is 14.1. The molecular weight excluding hydrogens is 458 g/mol. The van der Waals surface area contributed by atoms with Crippen molar-refractivity contribution in [1.29, 1.82) is 0 Å². The molecule has 0 fully saturated rings. The molecule has 5 heteroatoms. The van der Waals surface area contributed by atoms with Gasteiger partial charge in [0.1, 0.15) is 0 Å². The highest BCUT2D eigenvalue weighted by Crippen LogP contribution is 2.37. The van der Waals surface area contributed by atoms with Gasteiger partial charge in [-0.1, -0.05) is 51.6 Å². The quantitative estimate of drug-likeness (QED) is 0.402. The first kappa shape index (κ1) is 28.4. The van der Waals surface area contributed by atoms with Gasteiger partial charge >= 0.3 is 0 Å². The molecule has 3 aromatic rings. The second-order valence-electron chi connectivity index (χ2n) is 11.2. The first-order chi connectivity index (χ1) is 16.9. The van der Waals surface area contributed by atoms with Crippen LogP contribution >= 0.6 is 0 Å². The van der Waals surface area contributed by atoms with E-state index in [1.807, 2.05) is 22.9 Å². The van der Waals surface area contributed by atoms with E-state index in [2.05, 4.69) is 71.0 Å². The molecule has 4 rings (SSSR count). The Labute approximate surface area is 223 Å². The van der Waals surface area contributed by atoms with Crippen LogP contribution in [0.4, 0.5) is 11.4 Å². The lowest BCUT2D eigenvalue weighted by Crippen LogP contribution is -2.42. The third-order valence-electron chi connectivity index (χ3n) is 7.07. The summed E-state index contributed by atoms with van der Waals surface area (Å²) in [5.74, 6) is 0.352. The van der Waals surface area contributed by atoms with Crippen LogP contribution in [0.2, 0.25) is 0 Å². The minimum absolute atomic E-state index is 0. The Hall–Kier alpha value is -3.18. The van der Waals surface area contributed by atoms with Gasteiger partial charge < -0.3 is 14.9 Å². The maximum Gasteiger partial charge on any atom is 0.262 e. The molecule has 1 amide bonds. The average molecular weight is 502 g/mol. The van der Waals surface area contributed by atoms with Crippen molar-refractivity contribution in [3.8, 4) is 11.3 Å². The number of aliphatic hydroxyl groups is 1. The molecule has 0 saturated carbocycles. The number of hydrogen-bond acceptors (Lipinski definition) is 4. The van der Waals surface area contributed by atoms with Crippen molar-refractivity contribution in [2.24, 2.45) is 0 Å². The maximum absolute atomic E-state index is 14.1. The van der Waals surface area contributed by atoms with E-state index in [-0.39, 0.29) is 13.3 Å². The lowest BCUT2D eigenvalue weighted by Gasteiger charge is -2.35. The molecule has 1 aliphatic rings. The van der Waals surface area contributed by atoms with E-state index in [0.29, 0.717) is 31.0 Å². The van der Waals surface area contributed by atoms with E-state index in [1.165, 1.54) is 5.56 Å². The minimum atomic E-state index is -0.913. The van der Waals surface area contributed by atoms with E-state index >= 15 is 0 Å². The summed E-state index contributed by atoms with van der Waals surface area (Å²) in [5, 5.41) is 10.6. The Morgan fingerprint density at radius 3 is 2.27 bits per heavy atom. The summed E-state index contributed by atoms with van der Waals surface area (Å²) < 4.78 is 0. The van der Waals surface area contributed by atoms with Crippen molar-refractivity contribution in [2.45, 2.75) is 73.8 Å². The van der Waals surface area contributed by atoms with Gasteiger partial charge in [-0.05, 0) is 74.9 Å². The number of nitrogens with zero attached hydrogens (tertiary/aromatic N) is 3. The molecule has 1 aromatic heterocycles. The number of likely N-dealkylation sites (N-methyl/N-ethyl adjacent to an activating group) is 1. The number of rotatable bonds is 6. The number of benzene rings is 2. The molecule has 0 unspecified atom stereocenters. The molecule has 0 bridgehead atoms. The van der Waals surface area contributed by atoms with Crippen LogP contribution in [0.15, 0.2) is 42.5 Å². The third kappa shape index (κ3) is 5.72. The largest absolute Gasteiger partial charge is 0.389 e. The lowest BCUT2D eigenvalue weighted by atomic mass is 9.94. The van der Waals surface area contributed by atoms with Crippen LogP contribution in [0.1, 0.15) is 79.3 Å². The summed E-state index contributed by atoms with van der Waals surface area (Å²) in [7, 11) is 1.94. The third-order valence-corrected chi connectivity index (χ3v) is 7.07. The fraction of sp³-hybridized carbons (Fsp3) is 0.438. The van der Waals surface area contributed by atoms with Crippen LogP contribution < -0.4 is 9.80 Å². The van der Waals surface area contributed by atoms with E-state index in [1.54, 1.807) is 13.8 Å². The van der Waals surface area contributed by atoms with Crippen molar-refractivity contribution in [3.63, 3.8) is 0 Å². The average Bonchev–Trinajstić information content (AvgIpc) is 2.78. The highest BCUT2D eigenvalue weighted by atomic mass is 16.3. The summed E-state index contributed by atoms with van der Waals surface area (Å²) in [5.41, 5.74) is 8.92. The number of hydrogen-bond donors (Lipinski definition) is 1. The molecule has 0 radical (unpaired) electrons. The van der Waals surface area contributed by atoms with Crippen LogP contribution in [-0.2, 0) is 6.42 Å². The molecule has 0 atom stereocenters. The molecule has 198 valence electrons. The van der Waals surface area contributed by atoms with Gasteiger partial charge in [0.15, 0.2) is 0 Å². The lowest BCUT2D eigenvalue weighted by molar-refractivity contribution is 0.0881. The molecule has 0 aliphatic carbocycles. The molecule has 5 nitrogen and oxygen atoms in total. The summed E-state index contributed by atoms with van der Waals surface area (Å²) in [6, 6.07) is 14.7. The molecule has 37 heavy (non-hydrogen) atoms. The monoisotopic (exact) mass is 501 g/mol. The normalized spacial score (nSPS) is 13.5. The van der Waals surface area contributed by atoms with Crippen LogP contribution in [0, 0.1) is 20.8 Å². The smallest absolute Gasteiger partial charge is 0.262 e. The molecule has 1 aliphatic heterocycles. The highest BCUT2D eigenvalue weighted by Gasteiger charge is 2.33. The van der Waals surface area contributed by atoms with Gasteiger partial charge in [-0.2, -0.15) is 0 Å². The predicted octanol–water partition coefficient (Wildman–Crippen LogP) is 6.84. The number of aromatic nitrogens is 1. The number of anilines is 2. The number of aryl methyl sites for hydroxylation is 3. The summed E-state index contributed by atoms with van der Waals surface area (Å²) in [6.07, 6.45) is 0.675. The zero-order chi connectivity index (χ0) is 26.4. The molecule has 2 aromatic carbocycles. The molecular formula is C32H43N3O2. The van der Waals surface area contributed by atoms with Crippen molar-refractivity contribution in [1.82, 2.24) is 4.98 Å². The van der Waals surface area contributed by atoms with Gasteiger partial charge in [-0.15, -0.1) is 0 Å². The van der Waals surface area contributed by atoms with Crippen molar-refractivity contribution < 1.29 is 9.90 Å². The minimum Gasteiger partial charge on any atom is -0.389 e. The van der Waals surface area contributed by atoms with Crippen LogP contribution in [-0.4, -0.2) is 41.7 Å². The second-order valence-corrected chi connectivity index (χ2v) is 11.2. The Kier molecular flexibility index (Phi) is 8.18. The van der Waals surface area contributed by atoms with Gasteiger partial charge in [-0.3, -0.25) is 9.78 Å². The first-order valence-corrected chi connectivity index (χ1v) is 12.8. The van der Waals surface area contributed by atoms with Crippen molar-refractivity contribution in [2.75, 3.05) is 29.9 Å². The zero-order valence-corrected chi connectivity index (χ0v) is 22.9. The summed E-state index contributed by atoms with van der Waals surface area (Å²) >= 11 is 0. The Morgan fingerprint density at radius 2 is 1.68 bits per heavy atom. The van der Waals surface area contributed by atoms with E-state index < -0.39 is 5.60 Å². The van der Waals surface area contributed by atoms with Crippen molar-refractivity contribution >= 4 is 17.3 Å². The Bertz CT molecular complexity index is 1280. The van der Waals surface area contributed by atoms with Crippen molar-refractivity contribution in [3.05, 3.63) is 76.0 Å². The number of pyridine rings is 1. The van der Waals surface area contributed by atoms with E-state index in [0.717, 1.165) is 45.0 Å². The van der Waals surface area contributed by atoms with Gasteiger partial charge in [-0.25, -0.2) is 0 Å². The highest BCUT2D eigenvalue weighted by molar-refractivity contribution is 6.12. The summed E-state index contributed by atoms with van der Waals surface area (Å²) in [6.45, 7) is 15.2. The van der Waals surface area contributed by atoms with Crippen LogP contribution in [0.3, 0.4) is 0 Å². The van der Waals surface area contributed by atoms with Gasteiger partial charge in [0.05, 0.1) is 28.2 Å². The van der Waals surface area contributed by atoms with Crippen LogP contribution in [0.25, 0.3) is 11.3 Å². The first-order valence-electron chi connectivity index (χ1n) is 12.8. The number of amides is 1. The molecule has 1 N–H and O–H groups in total. The standard InChI is InChI=1S/C31H39N3O2.CH4/c1-19(2)23-13-12-20(3)26(16-23)34-15-14-24-29(30(34)35)27(33(8)18-31(6,7)36)17-25(32-24)28-21(4)10-9-11-22(28)5;/h9-13,16-17,19,36H,14-15,18H2,1-8H3;1H4. The topological polar surface area (TPSA) is 56.7 Å². The summed E-state index contributed by atoms with van der Waals surface area (Å²) in [4.78, 5) is 23.1. The SMILES string of the molecule is C.Cc1ccc(C(C)C)cc1N1CCc2nc(-c3c(C)cccc3C)cc(N(C)CC(C)(C)O)c2C1=O. The van der Waals surface area contributed by atoms with Gasteiger partial charge in [0.25, 0.3) is 5.91 Å². The van der Waals surface area contributed by atoms with Crippen LogP contribution in [0.5, 0.6) is 0 Å². The van der Waals surface area contributed by atoms with E-state index in [9.17, 15) is 9.90 Å². The Balaban J connectivity index is 0.00000380. The van der Waals surface area contributed by atoms with Gasteiger partial charge in [0, 0.05) is 37.8 Å². The van der Waals surface area contributed by atoms with E-state index in [4.69, 9.17) is 4.98 Å². The molecule has 0 saturated heterocycles. The molecule has 0 spiro atoms. The Morgan fingerprint density at radius 1 is 1.03 bits per heavy atom. The second kappa shape index (κ2) is 10.7.